The molecule has 0 saturated heterocycles. The van der Waals surface area contributed by atoms with E-state index >= 15 is 0 Å². The molecule has 0 amide bonds. The number of nitrogens with one attached hydrogen (secondary N) is 1. The lowest BCUT2D eigenvalue weighted by Gasteiger charge is -2.09. The van der Waals surface area contributed by atoms with Gasteiger partial charge < -0.3 is 10.1 Å². The Kier molecular flexibility index (Phi) is 5.84. The fraction of sp³-hybridized carbons (Fsp3) is 0.312. The highest BCUT2D eigenvalue weighted by molar-refractivity contribution is 6.31. The third-order valence-corrected chi connectivity index (χ3v) is 3.11. The van der Waals surface area contributed by atoms with E-state index in [1.54, 1.807) is 6.20 Å². The van der Waals surface area contributed by atoms with Crippen LogP contribution in [0.25, 0.3) is 0 Å². The van der Waals surface area contributed by atoms with Crippen molar-refractivity contribution in [2.24, 2.45) is 0 Å². The molecule has 0 aliphatic carbocycles. The molecule has 3 nitrogen and oxygen atoms in total. The summed E-state index contributed by atoms with van der Waals surface area (Å²) in [5.74, 6) is 0.481. The van der Waals surface area contributed by atoms with Crippen LogP contribution >= 0.6 is 11.6 Å². The number of hydrogen-bond donors (Lipinski definition) is 1. The number of rotatable bonds is 7. The number of ether oxygens (including phenoxy) is 1. The SMILES string of the molecule is CCCNCc1cnc(OCc2ccccc2)c(Cl)c1. The molecule has 0 aliphatic heterocycles. The van der Waals surface area contributed by atoms with Gasteiger partial charge in [-0.3, -0.25) is 0 Å². The van der Waals surface area contributed by atoms with Gasteiger partial charge in [-0.15, -0.1) is 0 Å². The van der Waals surface area contributed by atoms with Crippen LogP contribution in [0.15, 0.2) is 42.6 Å². The van der Waals surface area contributed by atoms with Crippen molar-refractivity contribution < 1.29 is 4.74 Å². The van der Waals surface area contributed by atoms with E-state index < -0.39 is 0 Å². The highest BCUT2D eigenvalue weighted by atomic mass is 35.5. The Bertz CT molecular complexity index is 531. The molecule has 2 rings (SSSR count). The van der Waals surface area contributed by atoms with Crippen molar-refractivity contribution in [3.63, 3.8) is 0 Å². The van der Waals surface area contributed by atoms with Crippen molar-refractivity contribution in [3.8, 4) is 5.88 Å². The summed E-state index contributed by atoms with van der Waals surface area (Å²) in [7, 11) is 0. The molecular formula is C16H19ClN2O. The average Bonchev–Trinajstić information content (AvgIpc) is 2.48. The predicted octanol–water partition coefficient (Wildman–Crippen LogP) is 3.81. The van der Waals surface area contributed by atoms with E-state index in [1.165, 1.54) is 0 Å². The van der Waals surface area contributed by atoms with Gasteiger partial charge >= 0.3 is 0 Å². The molecule has 4 heteroatoms. The first-order chi connectivity index (χ1) is 9.79. The van der Waals surface area contributed by atoms with Gasteiger partial charge in [-0.1, -0.05) is 48.9 Å². The van der Waals surface area contributed by atoms with E-state index in [2.05, 4.69) is 17.2 Å². The van der Waals surface area contributed by atoms with Crippen LogP contribution in [0.2, 0.25) is 5.02 Å². The Morgan fingerprint density at radius 2 is 2.00 bits per heavy atom. The Balaban J connectivity index is 1.92. The fourth-order valence-electron chi connectivity index (χ4n) is 1.80. The summed E-state index contributed by atoms with van der Waals surface area (Å²) in [5, 5.41) is 3.87. The average molecular weight is 291 g/mol. The van der Waals surface area contributed by atoms with Crippen LogP contribution in [-0.4, -0.2) is 11.5 Å². The number of nitrogens with zero attached hydrogens (tertiary/aromatic N) is 1. The van der Waals surface area contributed by atoms with Gasteiger partial charge in [-0.25, -0.2) is 4.98 Å². The third-order valence-electron chi connectivity index (χ3n) is 2.84. The molecule has 0 radical (unpaired) electrons. The Labute approximate surface area is 124 Å². The molecule has 20 heavy (non-hydrogen) atoms. The summed E-state index contributed by atoms with van der Waals surface area (Å²) >= 11 is 6.19. The maximum Gasteiger partial charge on any atom is 0.232 e. The van der Waals surface area contributed by atoms with Crippen LogP contribution in [0.1, 0.15) is 24.5 Å². The van der Waals surface area contributed by atoms with Crippen molar-refractivity contribution in [2.75, 3.05) is 6.54 Å². The zero-order chi connectivity index (χ0) is 14.2. The fourth-order valence-corrected chi connectivity index (χ4v) is 2.05. The van der Waals surface area contributed by atoms with E-state index in [-0.39, 0.29) is 0 Å². The molecule has 106 valence electrons. The van der Waals surface area contributed by atoms with Crippen LogP contribution < -0.4 is 10.1 Å². The van der Waals surface area contributed by atoms with Crippen molar-refractivity contribution in [3.05, 3.63) is 58.7 Å². The van der Waals surface area contributed by atoms with Gasteiger partial charge in [-0.2, -0.15) is 0 Å². The van der Waals surface area contributed by atoms with Crippen molar-refractivity contribution in [2.45, 2.75) is 26.5 Å². The van der Waals surface area contributed by atoms with E-state index in [0.717, 1.165) is 30.6 Å². The molecule has 0 aliphatic rings. The molecule has 0 unspecified atom stereocenters. The molecule has 0 saturated carbocycles. The molecular weight excluding hydrogens is 272 g/mol. The normalized spacial score (nSPS) is 10.5. The number of halogens is 1. The van der Waals surface area contributed by atoms with Crippen LogP contribution in [0.3, 0.4) is 0 Å². The second-order valence-electron chi connectivity index (χ2n) is 4.58. The molecule has 1 aromatic carbocycles. The standard InChI is InChI=1S/C16H19ClN2O/c1-2-8-18-10-14-9-15(17)16(19-11-14)20-12-13-6-4-3-5-7-13/h3-7,9,11,18H,2,8,10,12H2,1H3. The van der Waals surface area contributed by atoms with Crippen LogP contribution in [0.5, 0.6) is 5.88 Å². The lowest BCUT2D eigenvalue weighted by atomic mass is 10.2. The summed E-state index contributed by atoms with van der Waals surface area (Å²) in [6.45, 7) is 4.38. The maximum absolute atomic E-state index is 6.19. The first-order valence-corrected chi connectivity index (χ1v) is 7.19. The van der Waals surface area contributed by atoms with E-state index in [9.17, 15) is 0 Å². The van der Waals surface area contributed by atoms with Gasteiger partial charge in [0.25, 0.3) is 0 Å². The molecule has 0 spiro atoms. The van der Waals surface area contributed by atoms with Crippen LogP contribution in [0.4, 0.5) is 0 Å². The first kappa shape index (κ1) is 14.8. The monoisotopic (exact) mass is 290 g/mol. The molecule has 2 aromatic rings. The lowest BCUT2D eigenvalue weighted by molar-refractivity contribution is 0.294. The molecule has 0 bridgehead atoms. The van der Waals surface area contributed by atoms with Gasteiger partial charge in [0.15, 0.2) is 0 Å². The number of pyridine rings is 1. The van der Waals surface area contributed by atoms with Gasteiger partial charge in [0.2, 0.25) is 5.88 Å². The summed E-state index contributed by atoms with van der Waals surface area (Å²) in [6.07, 6.45) is 2.91. The molecule has 1 aromatic heterocycles. The minimum Gasteiger partial charge on any atom is -0.472 e. The molecule has 0 atom stereocenters. The van der Waals surface area contributed by atoms with E-state index in [0.29, 0.717) is 17.5 Å². The van der Waals surface area contributed by atoms with E-state index in [4.69, 9.17) is 16.3 Å². The maximum atomic E-state index is 6.19. The summed E-state index contributed by atoms with van der Waals surface area (Å²) < 4.78 is 5.64. The van der Waals surface area contributed by atoms with Gasteiger partial charge in [0, 0.05) is 12.7 Å². The highest BCUT2D eigenvalue weighted by Gasteiger charge is 2.05. The van der Waals surface area contributed by atoms with Crippen molar-refractivity contribution in [1.82, 2.24) is 10.3 Å². The quantitative estimate of drug-likeness (QED) is 0.787. The van der Waals surface area contributed by atoms with Gasteiger partial charge in [0.05, 0.1) is 0 Å². The largest absolute Gasteiger partial charge is 0.472 e. The highest BCUT2D eigenvalue weighted by Crippen LogP contribution is 2.23. The molecule has 1 heterocycles. The Hall–Kier alpha value is -1.58. The minimum atomic E-state index is 0.473. The van der Waals surface area contributed by atoms with Crippen molar-refractivity contribution in [1.29, 1.82) is 0 Å². The number of benzene rings is 1. The van der Waals surface area contributed by atoms with Gasteiger partial charge in [-0.05, 0) is 30.2 Å². The zero-order valence-electron chi connectivity index (χ0n) is 11.6. The number of hydrogen-bond acceptors (Lipinski definition) is 3. The topological polar surface area (TPSA) is 34.2 Å². The first-order valence-electron chi connectivity index (χ1n) is 6.81. The zero-order valence-corrected chi connectivity index (χ0v) is 12.4. The number of aromatic nitrogens is 1. The van der Waals surface area contributed by atoms with Crippen LogP contribution in [-0.2, 0) is 13.2 Å². The molecule has 0 fully saturated rings. The predicted molar refractivity (Wildman–Crippen MR) is 82.0 cm³/mol. The van der Waals surface area contributed by atoms with Gasteiger partial charge in [0.1, 0.15) is 11.6 Å². The van der Waals surface area contributed by atoms with Crippen LogP contribution in [0, 0.1) is 0 Å². The van der Waals surface area contributed by atoms with Crippen molar-refractivity contribution >= 4 is 11.6 Å². The third kappa shape index (κ3) is 4.51. The van der Waals surface area contributed by atoms with E-state index in [1.807, 2.05) is 36.4 Å². The molecule has 1 N–H and O–H groups in total. The summed E-state index contributed by atoms with van der Waals surface area (Å²) in [5.41, 5.74) is 2.16. The summed E-state index contributed by atoms with van der Waals surface area (Å²) in [4.78, 5) is 4.28. The minimum absolute atomic E-state index is 0.473. The Morgan fingerprint density at radius 1 is 1.20 bits per heavy atom. The lowest BCUT2D eigenvalue weighted by Crippen LogP contribution is -2.14. The smallest absolute Gasteiger partial charge is 0.232 e. The second kappa shape index (κ2) is 7.88. The summed E-state index contributed by atoms with van der Waals surface area (Å²) in [6, 6.07) is 11.9. The Morgan fingerprint density at radius 3 is 2.70 bits per heavy atom. The second-order valence-corrected chi connectivity index (χ2v) is 4.99.